The van der Waals surface area contributed by atoms with Gasteiger partial charge >= 0.3 is 5.97 Å². The van der Waals surface area contributed by atoms with Crippen LogP contribution >= 0.6 is 12.4 Å². The van der Waals surface area contributed by atoms with Crippen LogP contribution in [0.15, 0.2) is 18.2 Å². The lowest BCUT2D eigenvalue weighted by Gasteiger charge is -2.16. The highest BCUT2D eigenvalue weighted by Crippen LogP contribution is 2.35. The number of rotatable bonds is 7. The molecule has 0 unspecified atom stereocenters. The SMILES string of the molecule is COC(=O)c1cc2c(OC[C@@H](N)CC(C)C)ccc(OC)c2n1C.Cl. The van der Waals surface area contributed by atoms with Gasteiger partial charge in [-0.15, -0.1) is 12.4 Å². The minimum atomic E-state index is -0.404. The Kier molecular flexibility index (Phi) is 7.58. The molecule has 2 aromatic rings. The molecule has 0 fully saturated rings. The van der Waals surface area contributed by atoms with E-state index in [0.29, 0.717) is 29.7 Å². The van der Waals surface area contributed by atoms with Gasteiger partial charge in [-0.05, 0) is 30.5 Å². The quantitative estimate of drug-likeness (QED) is 0.758. The number of halogens is 1. The fourth-order valence-electron chi connectivity index (χ4n) is 2.87. The van der Waals surface area contributed by atoms with Crippen LogP contribution in [-0.4, -0.2) is 37.4 Å². The van der Waals surface area contributed by atoms with E-state index >= 15 is 0 Å². The summed E-state index contributed by atoms with van der Waals surface area (Å²) in [6.07, 6.45) is 0.890. The number of nitrogens with zero attached hydrogens (tertiary/aromatic N) is 1. The molecule has 0 spiro atoms. The molecular weight excluding hydrogens is 344 g/mol. The van der Waals surface area contributed by atoms with Crippen LogP contribution in [0.4, 0.5) is 0 Å². The highest BCUT2D eigenvalue weighted by molar-refractivity contribution is 6.00. The molecule has 0 saturated heterocycles. The number of carbonyl (C=O) groups excluding carboxylic acids is 1. The fourth-order valence-corrected chi connectivity index (χ4v) is 2.87. The number of aromatic nitrogens is 1. The van der Waals surface area contributed by atoms with Crippen LogP contribution in [0.3, 0.4) is 0 Å². The summed E-state index contributed by atoms with van der Waals surface area (Å²) in [5, 5.41) is 0.800. The minimum Gasteiger partial charge on any atom is -0.495 e. The zero-order chi connectivity index (χ0) is 17.9. The number of nitrogens with two attached hydrogens (primary N) is 1. The zero-order valence-electron chi connectivity index (χ0n) is 15.4. The van der Waals surface area contributed by atoms with Gasteiger partial charge in [-0.2, -0.15) is 0 Å². The topological polar surface area (TPSA) is 75.7 Å². The summed E-state index contributed by atoms with van der Waals surface area (Å²) in [7, 11) is 4.75. The van der Waals surface area contributed by atoms with Gasteiger partial charge in [0.25, 0.3) is 0 Å². The number of esters is 1. The first kappa shape index (κ1) is 21.1. The Morgan fingerprint density at radius 2 is 1.88 bits per heavy atom. The molecular formula is C18H27ClN2O4. The number of hydrogen-bond donors (Lipinski definition) is 1. The van der Waals surface area contributed by atoms with Gasteiger partial charge in [-0.1, -0.05) is 13.8 Å². The highest BCUT2D eigenvalue weighted by atomic mass is 35.5. The number of methoxy groups -OCH3 is 2. The molecule has 0 bridgehead atoms. The number of ether oxygens (including phenoxy) is 3. The predicted octanol–water partition coefficient (Wildman–Crippen LogP) is 3.15. The van der Waals surface area contributed by atoms with Gasteiger partial charge in [-0.25, -0.2) is 4.79 Å². The third-order valence-electron chi connectivity index (χ3n) is 3.96. The molecule has 25 heavy (non-hydrogen) atoms. The molecule has 0 radical (unpaired) electrons. The minimum absolute atomic E-state index is 0. The van der Waals surface area contributed by atoms with Crippen molar-refractivity contribution < 1.29 is 19.0 Å². The first-order valence-electron chi connectivity index (χ1n) is 8.02. The average molecular weight is 371 g/mol. The summed E-state index contributed by atoms with van der Waals surface area (Å²) in [6, 6.07) is 5.38. The van der Waals surface area contributed by atoms with Crippen LogP contribution in [0.1, 0.15) is 30.8 Å². The Bertz CT molecular complexity index is 727. The molecule has 2 rings (SSSR count). The van der Waals surface area contributed by atoms with Crippen LogP contribution in [0.5, 0.6) is 11.5 Å². The molecule has 0 aliphatic rings. The molecule has 0 saturated carbocycles. The predicted molar refractivity (Wildman–Crippen MR) is 101 cm³/mol. The van der Waals surface area contributed by atoms with Crippen molar-refractivity contribution in [3.05, 3.63) is 23.9 Å². The lowest BCUT2D eigenvalue weighted by Crippen LogP contribution is -2.29. The van der Waals surface area contributed by atoms with Gasteiger partial charge in [0.2, 0.25) is 0 Å². The Labute approximate surface area is 154 Å². The first-order valence-corrected chi connectivity index (χ1v) is 8.02. The summed E-state index contributed by atoms with van der Waals surface area (Å²) in [5.41, 5.74) is 7.32. The summed E-state index contributed by atoms with van der Waals surface area (Å²) in [4.78, 5) is 12.0. The Morgan fingerprint density at radius 1 is 1.24 bits per heavy atom. The standard InChI is InChI=1S/C18H26N2O4.ClH/c1-11(2)8-12(19)10-24-15-6-7-16(22-4)17-13(15)9-14(20(17)3)18(21)23-5;/h6-7,9,11-12H,8,10,19H2,1-5H3;1H/t12-;/m0./s1. The van der Waals surface area contributed by atoms with Crippen molar-refractivity contribution in [3.8, 4) is 11.5 Å². The summed E-state index contributed by atoms with van der Waals surface area (Å²) >= 11 is 0. The van der Waals surface area contributed by atoms with Gasteiger partial charge in [0, 0.05) is 18.5 Å². The number of carbonyl (C=O) groups is 1. The van der Waals surface area contributed by atoms with E-state index in [9.17, 15) is 4.79 Å². The van der Waals surface area contributed by atoms with E-state index in [-0.39, 0.29) is 18.4 Å². The number of fused-ring (bicyclic) bond motifs is 1. The van der Waals surface area contributed by atoms with Crippen molar-refractivity contribution in [3.63, 3.8) is 0 Å². The molecule has 140 valence electrons. The van der Waals surface area contributed by atoms with Crippen molar-refractivity contribution in [2.45, 2.75) is 26.3 Å². The Morgan fingerprint density at radius 3 is 2.44 bits per heavy atom. The van der Waals surface area contributed by atoms with Gasteiger partial charge in [0.15, 0.2) is 0 Å². The molecule has 1 atom stereocenters. The third kappa shape index (κ3) is 4.58. The van der Waals surface area contributed by atoms with Gasteiger partial charge in [-0.3, -0.25) is 0 Å². The van der Waals surface area contributed by atoms with E-state index in [1.807, 2.05) is 12.1 Å². The van der Waals surface area contributed by atoms with Crippen LogP contribution in [-0.2, 0) is 11.8 Å². The van der Waals surface area contributed by atoms with Crippen molar-refractivity contribution in [2.75, 3.05) is 20.8 Å². The van der Waals surface area contributed by atoms with Crippen molar-refractivity contribution >= 4 is 29.3 Å². The van der Waals surface area contributed by atoms with E-state index in [2.05, 4.69) is 13.8 Å². The first-order chi connectivity index (χ1) is 11.4. The molecule has 1 heterocycles. The van der Waals surface area contributed by atoms with Gasteiger partial charge in [0.1, 0.15) is 23.8 Å². The molecule has 0 aliphatic heterocycles. The third-order valence-corrected chi connectivity index (χ3v) is 3.96. The number of aryl methyl sites for hydroxylation is 1. The maximum absolute atomic E-state index is 12.0. The smallest absolute Gasteiger partial charge is 0.354 e. The Hall–Kier alpha value is -1.92. The lowest BCUT2D eigenvalue weighted by atomic mass is 10.1. The summed E-state index contributed by atoms with van der Waals surface area (Å²) in [5.74, 6) is 1.46. The second-order valence-electron chi connectivity index (χ2n) is 6.31. The normalized spacial score (nSPS) is 12.0. The molecule has 7 heteroatoms. The molecule has 2 N–H and O–H groups in total. The van der Waals surface area contributed by atoms with E-state index in [4.69, 9.17) is 19.9 Å². The molecule has 0 aliphatic carbocycles. The zero-order valence-corrected chi connectivity index (χ0v) is 16.2. The monoisotopic (exact) mass is 370 g/mol. The molecule has 1 aromatic heterocycles. The second-order valence-corrected chi connectivity index (χ2v) is 6.31. The van der Waals surface area contributed by atoms with Crippen LogP contribution in [0.2, 0.25) is 0 Å². The fraction of sp³-hybridized carbons (Fsp3) is 0.500. The van der Waals surface area contributed by atoms with Gasteiger partial charge < -0.3 is 24.5 Å². The summed E-state index contributed by atoms with van der Waals surface area (Å²) < 4.78 is 17.9. The van der Waals surface area contributed by atoms with Crippen LogP contribution < -0.4 is 15.2 Å². The van der Waals surface area contributed by atoms with Crippen LogP contribution in [0.25, 0.3) is 10.9 Å². The van der Waals surface area contributed by atoms with Gasteiger partial charge in [0.05, 0.1) is 19.7 Å². The van der Waals surface area contributed by atoms with Crippen molar-refractivity contribution in [1.29, 1.82) is 0 Å². The van der Waals surface area contributed by atoms with E-state index in [1.165, 1.54) is 7.11 Å². The van der Waals surface area contributed by atoms with Crippen LogP contribution in [0, 0.1) is 5.92 Å². The summed E-state index contributed by atoms with van der Waals surface area (Å²) in [6.45, 7) is 4.68. The molecule has 6 nitrogen and oxygen atoms in total. The largest absolute Gasteiger partial charge is 0.495 e. The van der Waals surface area contributed by atoms with E-state index in [1.54, 1.807) is 24.8 Å². The number of benzene rings is 1. The Balaban J connectivity index is 0.00000312. The molecule has 1 aromatic carbocycles. The van der Waals surface area contributed by atoms with E-state index in [0.717, 1.165) is 17.3 Å². The van der Waals surface area contributed by atoms with Crippen molar-refractivity contribution in [1.82, 2.24) is 4.57 Å². The number of hydrogen-bond acceptors (Lipinski definition) is 5. The highest BCUT2D eigenvalue weighted by Gasteiger charge is 2.20. The maximum atomic E-state index is 12.0. The van der Waals surface area contributed by atoms with Crippen molar-refractivity contribution in [2.24, 2.45) is 18.7 Å². The lowest BCUT2D eigenvalue weighted by molar-refractivity contribution is 0.0590. The maximum Gasteiger partial charge on any atom is 0.354 e. The second kappa shape index (κ2) is 8.97. The van der Waals surface area contributed by atoms with E-state index < -0.39 is 5.97 Å². The molecule has 0 amide bonds. The average Bonchev–Trinajstić information content (AvgIpc) is 2.89.